The summed E-state index contributed by atoms with van der Waals surface area (Å²) in [5, 5.41) is 8.94. The molecule has 0 radical (unpaired) electrons. The van der Waals surface area contributed by atoms with Crippen molar-refractivity contribution >= 4 is 21.7 Å². The Morgan fingerprint density at radius 1 is 1.00 bits per heavy atom. The summed E-state index contributed by atoms with van der Waals surface area (Å²) >= 11 is 0. The maximum Gasteiger partial charge on any atom is 0.371 e. The number of anilines is 1. The number of furan rings is 1. The second kappa shape index (κ2) is 6.40. The van der Waals surface area contributed by atoms with Crippen LogP contribution in [0.1, 0.15) is 10.6 Å². The van der Waals surface area contributed by atoms with Crippen LogP contribution in [0.25, 0.3) is 11.3 Å². The Balaban J connectivity index is 1.98. The number of carbonyl (C=O) groups is 1. The van der Waals surface area contributed by atoms with Gasteiger partial charge in [-0.2, -0.15) is 0 Å². The fourth-order valence-electron chi connectivity index (χ4n) is 2.20. The van der Waals surface area contributed by atoms with Crippen LogP contribution in [0.2, 0.25) is 0 Å². The second-order valence-electron chi connectivity index (χ2n) is 5.07. The fourth-order valence-corrected chi connectivity index (χ4v) is 3.28. The minimum absolute atomic E-state index is 0.102. The highest BCUT2D eigenvalue weighted by Gasteiger charge is 2.18. The number of hydrogen-bond donors (Lipinski definition) is 2. The first-order chi connectivity index (χ1) is 11.9. The number of halogens is 1. The van der Waals surface area contributed by atoms with Gasteiger partial charge in [0.2, 0.25) is 5.76 Å². The van der Waals surface area contributed by atoms with E-state index in [1.807, 2.05) is 0 Å². The molecule has 0 spiro atoms. The molecule has 0 unspecified atom stereocenters. The largest absolute Gasteiger partial charge is 0.475 e. The van der Waals surface area contributed by atoms with Crippen LogP contribution < -0.4 is 4.72 Å². The van der Waals surface area contributed by atoms with Crippen LogP contribution in [-0.2, 0) is 10.0 Å². The molecule has 0 aliphatic heterocycles. The van der Waals surface area contributed by atoms with Gasteiger partial charge in [-0.15, -0.1) is 0 Å². The van der Waals surface area contributed by atoms with Gasteiger partial charge in [-0.05, 0) is 48.5 Å². The average molecular weight is 361 g/mol. The molecule has 2 aromatic carbocycles. The number of sulfonamides is 1. The van der Waals surface area contributed by atoms with Gasteiger partial charge in [-0.3, -0.25) is 4.72 Å². The van der Waals surface area contributed by atoms with Gasteiger partial charge in [-0.1, -0.05) is 12.1 Å². The Hall–Kier alpha value is -3.13. The summed E-state index contributed by atoms with van der Waals surface area (Å²) in [6.07, 6.45) is 0. The van der Waals surface area contributed by atoms with Crippen molar-refractivity contribution in [2.75, 3.05) is 4.72 Å². The van der Waals surface area contributed by atoms with Crippen LogP contribution >= 0.6 is 0 Å². The normalized spacial score (nSPS) is 11.2. The number of benzene rings is 2. The molecule has 128 valence electrons. The molecule has 0 fully saturated rings. The Kier molecular flexibility index (Phi) is 4.28. The van der Waals surface area contributed by atoms with Crippen LogP contribution in [0.15, 0.2) is 70.0 Å². The van der Waals surface area contributed by atoms with E-state index in [1.165, 1.54) is 18.2 Å². The van der Waals surface area contributed by atoms with E-state index in [-0.39, 0.29) is 22.1 Å². The molecule has 1 aromatic heterocycles. The molecular weight excluding hydrogens is 349 g/mol. The van der Waals surface area contributed by atoms with Gasteiger partial charge in [-0.25, -0.2) is 17.6 Å². The van der Waals surface area contributed by atoms with Crippen LogP contribution in [0.5, 0.6) is 0 Å². The number of hydrogen-bond acceptors (Lipinski definition) is 4. The van der Waals surface area contributed by atoms with Gasteiger partial charge in [0.25, 0.3) is 10.0 Å². The number of rotatable bonds is 5. The lowest BCUT2D eigenvalue weighted by Gasteiger charge is -2.11. The zero-order valence-electron chi connectivity index (χ0n) is 12.6. The smallest absolute Gasteiger partial charge is 0.371 e. The lowest BCUT2D eigenvalue weighted by Crippen LogP contribution is -2.13. The first kappa shape index (κ1) is 16.7. The highest BCUT2D eigenvalue weighted by atomic mass is 32.2. The predicted octanol–water partition coefficient (Wildman–Crippen LogP) is 3.58. The van der Waals surface area contributed by atoms with E-state index >= 15 is 0 Å². The van der Waals surface area contributed by atoms with E-state index in [9.17, 15) is 17.6 Å². The van der Waals surface area contributed by atoms with Crippen molar-refractivity contribution in [2.24, 2.45) is 0 Å². The summed E-state index contributed by atoms with van der Waals surface area (Å²) in [4.78, 5) is 10.8. The van der Waals surface area contributed by atoms with Crippen molar-refractivity contribution in [1.29, 1.82) is 0 Å². The minimum Gasteiger partial charge on any atom is -0.475 e. The molecule has 0 atom stereocenters. The number of carboxylic acid groups (broad SMARTS) is 1. The van der Waals surface area contributed by atoms with E-state index in [0.29, 0.717) is 5.56 Å². The number of para-hydroxylation sites is 1. The lowest BCUT2D eigenvalue weighted by atomic mass is 10.1. The Morgan fingerprint density at radius 3 is 2.32 bits per heavy atom. The van der Waals surface area contributed by atoms with E-state index in [2.05, 4.69) is 4.72 Å². The number of carboxylic acids is 1. The maximum atomic E-state index is 13.0. The topological polar surface area (TPSA) is 96.6 Å². The van der Waals surface area contributed by atoms with Crippen molar-refractivity contribution in [3.05, 3.63) is 72.2 Å². The zero-order chi connectivity index (χ0) is 18.0. The van der Waals surface area contributed by atoms with Crippen molar-refractivity contribution in [1.82, 2.24) is 0 Å². The molecular formula is C17H12FNO5S. The van der Waals surface area contributed by atoms with Crippen molar-refractivity contribution in [2.45, 2.75) is 4.90 Å². The third kappa shape index (κ3) is 3.53. The lowest BCUT2D eigenvalue weighted by molar-refractivity contribution is 0.0663. The highest BCUT2D eigenvalue weighted by Crippen LogP contribution is 2.31. The Morgan fingerprint density at radius 2 is 1.68 bits per heavy atom. The minimum atomic E-state index is -3.94. The van der Waals surface area contributed by atoms with Crippen LogP contribution in [0.3, 0.4) is 0 Å². The third-order valence-corrected chi connectivity index (χ3v) is 4.76. The molecule has 0 bridgehead atoms. The zero-order valence-corrected chi connectivity index (χ0v) is 13.5. The van der Waals surface area contributed by atoms with E-state index in [1.54, 1.807) is 18.2 Å². The van der Waals surface area contributed by atoms with Gasteiger partial charge in [0.05, 0.1) is 10.6 Å². The van der Waals surface area contributed by atoms with Crippen molar-refractivity contribution < 1.29 is 27.1 Å². The molecule has 0 saturated heterocycles. The molecule has 6 nitrogen and oxygen atoms in total. The predicted molar refractivity (Wildman–Crippen MR) is 88.3 cm³/mol. The van der Waals surface area contributed by atoms with E-state index in [0.717, 1.165) is 24.3 Å². The summed E-state index contributed by atoms with van der Waals surface area (Å²) in [6.45, 7) is 0. The molecule has 25 heavy (non-hydrogen) atoms. The van der Waals surface area contributed by atoms with Gasteiger partial charge >= 0.3 is 5.97 Å². The number of aromatic carboxylic acids is 1. The third-order valence-electron chi connectivity index (χ3n) is 3.38. The highest BCUT2D eigenvalue weighted by molar-refractivity contribution is 7.92. The first-order valence-electron chi connectivity index (χ1n) is 7.08. The molecule has 2 N–H and O–H groups in total. The molecule has 0 aliphatic carbocycles. The summed E-state index contributed by atoms with van der Waals surface area (Å²) < 4.78 is 45.5. The quantitative estimate of drug-likeness (QED) is 0.724. The summed E-state index contributed by atoms with van der Waals surface area (Å²) in [5.41, 5.74) is 0.582. The summed E-state index contributed by atoms with van der Waals surface area (Å²) in [6, 6.07) is 13.5. The van der Waals surface area contributed by atoms with Crippen LogP contribution in [-0.4, -0.2) is 19.5 Å². The van der Waals surface area contributed by atoms with Crippen molar-refractivity contribution in [3.8, 4) is 11.3 Å². The summed E-state index contributed by atoms with van der Waals surface area (Å²) in [5.74, 6) is -1.83. The maximum absolute atomic E-state index is 13.0. The monoisotopic (exact) mass is 361 g/mol. The molecule has 0 amide bonds. The molecule has 3 rings (SSSR count). The fraction of sp³-hybridized carbons (Fsp3) is 0. The van der Waals surface area contributed by atoms with Gasteiger partial charge < -0.3 is 9.52 Å². The Bertz CT molecular complexity index is 1030. The van der Waals surface area contributed by atoms with Crippen molar-refractivity contribution in [3.63, 3.8) is 0 Å². The van der Waals surface area contributed by atoms with Gasteiger partial charge in [0.1, 0.15) is 11.6 Å². The van der Waals surface area contributed by atoms with Crippen LogP contribution in [0, 0.1) is 5.82 Å². The second-order valence-corrected chi connectivity index (χ2v) is 6.76. The van der Waals surface area contributed by atoms with Gasteiger partial charge in [0.15, 0.2) is 0 Å². The first-order valence-corrected chi connectivity index (χ1v) is 8.56. The molecule has 8 heteroatoms. The average Bonchev–Trinajstić information content (AvgIpc) is 3.05. The van der Waals surface area contributed by atoms with E-state index < -0.39 is 21.8 Å². The number of nitrogens with one attached hydrogen (secondary N) is 1. The standard InChI is InChI=1S/C17H12FNO5S/c18-11-5-7-12(8-6-11)25(22,23)19-14-4-2-1-3-13(14)15-9-10-16(24-15)17(20)21/h1-10,19H,(H,20,21). The molecule has 0 saturated carbocycles. The Labute approximate surface area is 142 Å². The van der Waals surface area contributed by atoms with Gasteiger partial charge in [0, 0.05) is 5.56 Å². The van der Waals surface area contributed by atoms with Crippen LogP contribution in [0.4, 0.5) is 10.1 Å². The van der Waals surface area contributed by atoms with E-state index in [4.69, 9.17) is 9.52 Å². The SMILES string of the molecule is O=C(O)c1ccc(-c2ccccc2NS(=O)(=O)c2ccc(F)cc2)o1. The molecule has 3 aromatic rings. The molecule has 1 heterocycles. The molecule has 0 aliphatic rings. The summed E-state index contributed by atoms with van der Waals surface area (Å²) in [7, 11) is -3.94.